The van der Waals surface area contributed by atoms with E-state index in [1.807, 2.05) is 18.2 Å². The molecule has 4 heteroatoms. The lowest BCUT2D eigenvalue weighted by Crippen LogP contribution is -1.97. The smallest absolute Gasteiger partial charge is 0.134 e. The van der Waals surface area contributed by atoms with Crippen molar-refractivity contribution in [3.05, 3.63) is 54.1 Å². The number of unbranched alkanes of at least 4 members (excludes halogenated alkanes) is 1. The van der Waals surface area contributed by atoms with Crippen LogP contribution in [-0.2, 0) is 0 Å². The van der Waals surface area contributed by atoms with E-state index in [0.29, 0.717) is 11.1 Å². The third-order valence-corrected chi connectivity index (χ3v) is 3.33. The van der Waals surface area contributed by atoms with E-state index in [-0.39, 0.29) is 11.9 Å². The van der Waals surface area contributed by atoms with E-state index in [4.69, 9.17) is 5.11 Å². The molecule has 0 saturated heterocycles. The molecule has 1 aromatic heterocycles. The van der Waals surface area contributed by atoms with E-state index in [1.54, 1.807) is 19.2 Å². The van der Waals surface area contributed by atoms with Crippen LogP contribution in [0.25, 0.3) is 17.2 Å². The number of phenols is 1. The average molecular weight is 301 g/mol. The highest BCUT2D eigenvalue weighted by atomic mass is 19.1. The number of hydrogen-bond donors (Lipinski definition) is 2. The van der Waals surface area contributed by atoms with Gasteiger partial charge in [0.2, 0.25) is 0 Å². The van der Waals surface area contributed by atoms with Crippen LogP contribution in [0.15, 0.2) is 42.6 Å². The Labute approximate surface area is 129 Å². The molecular formula is C18H20FNO2. The molecule has 0 saturated carbocycles. The van der Waals surface area contributed by atoms with E-state index in [2.05, 4.69) is 4.98 Å². The first kappa shape index (κ1) is 16.2. The molecule has 2 rings (SSSR count). The summed E-state index contributed by atoms with van der Waals surface area (Å²) in [6.45, 7) is 1.78. The highest BCUT2D eigenvalue weighted by Gasteiger charge is 2.06. The molecule has 1 unspecified atom stereocenters. The van der Waals surface area contributed by atoms with Crippen molar-refractivity contribution >= 4 is 6.08 Å². The molecule has 3 nitrogen and oxygen atoms in total. The summed E-state index contributed by atoms with van der Waals surface area (Å²) in [6, 6.07) is 7.71. The summed E-state index contributed by atoms with van der Waals surface area (Å²) in [5.41, 5.74) is 1.89. The number of aliphatic hydroxyl groups excluding tert-OH is 1. The topological polar surface area (TPSA) is 53.4 Å². The number of pyridine rings is 1. The molecule has 116 valence electrons. The normalized spacial score (nSPS) is 12.7. The Morgan fingerprint density at radius 1 is 1.27 bits per heavy atom. The molecule has 2 aromatic rings. The number of benzene rings is 1. The monoisotopic (exact) mass is 301 g/mol. The van der Waals surface area contributed by atoms with Crippen LogP contribution in [0, 0.1) is 5.82 Å². The van der Waals surface area contributed by atoms with Crippen molar-refractivity contribution in [2.45, 2.75) is 32.3 Å². The van der Waals surface area contributed by atoms with Crippen LogP contribution in [0.1, 0.15) is 31.9 Å². The molecule has 0 spiro atoms. The SMILES string of the molecule is CC(O)CCCC=Cc1ccc(-c2ccc(O)cc2F)cn1. The third-order valence-electron chi connectivity index (χ3n) is 3.33. The summed E-state index contributed by atoms with van der Waals surface area (Å²) < 4.78 is 13.8. The van der Waals surface area contributed by atoms with Gasteiger partial charge in [-0.3, -0.25) is 4.98 Å². The summed E-state index contributed by atoms with van der Waals surface area (Å²) in [5, 5.41) is 18.4. The second-order valence-electron chi connectivity index (χ2n) is 5.32. The first-order valence-electron chi connectivity index (χ1n) is 7.36. The van der Waals surface area contributed by atoms with Crippen molar-refractivity contribution < 1.29 is 14.6 Å². The second kappa shape index (κ2) is 7.71. The van der Waals surface area contributed by atoms with Gasteiger partial charge in [0.1, 0.15) is 11.6 Å². The Hall–Kier alpha value is -2.20. The molecular weight excluding hydrogens is 281 g/mol. The van der Waals surface area contributed by atoms with Gasteiger partial charge in [-0.2, -0.15) is 0 Å². The summed E-state index contributed by atoms with van der Waals surface area (Å²) >= 11 is 0. The molecule has 0 aliphatic rings. The summed E-state index contributed by atoms with van der Waals surface area (Å²) in [7, 11) is 0. The molecule has 1 heterocycles. The van der Waals surface area contributed by atoms with Gasteiger partial charge >= 0.3 is 0 Å². The summed E-state index contributed by atoms with van der Waals surface area (Å²) in [5.74, 6) is -0.561. The maximum atomic E-state index is 13.8. The van der Waals surface area contributed by atoms with E-state index in [9.17, 15) is 9.50 Å². The maximum Gasteiger partial charge on any atom is 0.134 e. The first-order chi connectivity index (χ1) is 10.6. The van der Waals surface area contributed by atoms with Crippen LogP contribution < -0.4 is 0 Å². The van der Waals surface area contributed by atoms with Gasteiger partial charge in [-0.25, -0.2) is 4.39 Å². The lowest BCUT2D eigenvalue weighted by molar-refractivity contribution is 0.182. The predicted molar refractivity (Wildman–Crippen MR) is 85.9 cm³/mol. The molecule has 1 aromatic carbocycles. The summed E-state index contributed by atoms with van der Waals surface area (Å²) in [4.78, 5) is 4.29. The van der Waals surface area contributed by atoms with Crippen molar-refractivity contribution in [3.8, 4) is 16.9 Å². The molecule has 2 N–H and O–H groups in total. The molecule has 0 amide bonds. The largest absolute Gasteiger partial charge is 0.508 e. The van der Waals surface area contributed by atoms with Crippen molar-refractivity contribution in [2.75, 3.05) is 0 Å². The van der Waals surface area contributed by atoms with Crippen LogP contribution in [0.3, 0.4) is 0 Å². The number of nitrogens with zero attached hydrogens (tertiary/aromatic N) is 1. The first-order valence-corrected chi connectivity index (χ1v) is 7.36. The zero-order valence-electron chi connectivity index (χ0n) is 12.5. The van der Waals surface area contributed by atoms with Crippen LogP contribution in [0.2, 0.25) is 0 Å². The fourth-order valence-corrected chi connectivity index (χ4v) is 2.14. The van der Waals surface area contributed by atoms with Gasteiger partial charge < -0.3 is 10.2 Å². The second-order valence-corrected chi connectivity index (χ2v) is 5.32. The zero-order valence-corrected chi connectivity index (χ0v) is 12.5. The zero-order chi connectivity index (χ0) is 15.9. The Morgan fingerprint density at radius 3 is 2.73 bits per heavy atom. The molecule has 22 heavy (non-hydrogen) atoms. The fourth-order valence-electron chi connectivity index (χ4n) is 2.14. The summed E-state index contributed by atoms with van der Waals surface area (Å²) in [6.07, 6.45) is 7.91. The van der Waals surface area contributed by atoms with Gasteiger partial charge in [0.25, 0.3) is 0 Å². The van der Waals surface area contributed by atoms with Crippen LogP contribution in [0.4, 0.5) is 4.39 Å². The van der Waals surface area contributed by atoms with Crippen molar-refractivity contribution in [2.24, 2.45) is 0 Å². The number of aliphatic hydroxyl groups is 1. The van der Waals surface area contributed by atoms with Crippen molar-refractivity contribution in [1.29, 1.82) is 0 Å². The van der Waals surface area contributed by atoms with Crippen molar-refractivity contribution in [3.63, 3.8) is 0 Å². The van der Waals surface area contributed by atoms with Crippen LogP contribution >= 0.6 is 0 Å². The number of rotatable bonds is 6. The standard InChI is InChI=1S/C18H20FNO2/c1-13(21)5-3-2-4-6-15-8-7-14(12-20-15)17-10-9-16(22)11-18(17)19/h4,6-13,21-22H,2-3,5H2,1H3. The number of halogens is 1. The quantitative estimate of drug-likeness (QED) is 0.788. The minimum atomic E-state index is -0.469. The molecule has 0 radical (unpaired) electrons. The minimum Gasteiger partial charge on any atom is -0.508 e. The Bertz CT molecular complexity index is 636. The number of aromatic nitrogens is 1. The lowest BCUT2D eigenvalue weighted by Gasteiger charge is -2.04. The van der Waals surface area contributed by atoms with E-state index < -0.39 is 5.82 Å². The van der Waals surface area contributed by atoms with E-state index in [0.717, 1.165) is 31.0 Å². The predicted octanol–water partition coefficient (Wildman–Crippen LogP) is 4.16. The number of phenolic OH excluding ortho intramolecular Hbond substituents is 1. The third kappa shape index (κ3) is 4.67. The number of aromatic hydroxyl groups is 1. The molecule has 0 aliphatic heterocycles. The Balaban J connectivity index is 1.99. The molecule has 0 fully saturated rings. The van der Waals surface area contributed by atoms with Gasteiger partial charge in [-0.1, -0.05) is 12.1 Å². The Morgan fingerprint density at radius 2 is 2.09 bits per heavy atom. The maximum absolute atomic E-state index is 13.8. The highest BCUT2D eigenvalue weighted by Crippen LogP contribution is 2.25. The van der Waals surface area contributed by atoms with Crippen LogP contribution in [-0.4, -0.2) is 21.3 Å². The molecule has 0 bridgehead atoms. The van der Waals surface area contributed by atoms with E-state index in [1.165, 1.54) is 12.1 Å². The highest BCUT2D eigenvalue weighted by molar-refractivity contribution is 5.65. The average Bonchev–Trinajstić information content (AvgIpc) is 2.47. The number of hydrogen-bond acceptors (Lipinski definition) is 3. The van der Waals surface area contributed by atoms with Crippen molar-refractivity contribution in [1.82, 2.24) is 4.98 Å². The van der Waals surface area contributed by atoms with Gasteiger partial charge in [0.05, 0.1) is 11.8 Å². The van der Waals surface area contributed by atoms with Gasteiger partial charge in [-0.15, -0.1) is 0 Å². The van der Waals surface area contributed by atoms with Crippen LogP contribution in [0.5, 0.6) is 5.75 Å². The molecule has 1 atom stereocenters. The van der Waals surface area contributed by atoms with Gasteiger partial charge in [-0.05, 0) is 50.5 Å². The lowest BCUT2D eigenvalue weighted by atomic mass is 10.1. The Kier molecular flexibility index (Phi) is 5.67. The van der Waals surface area contributed by atoms with Gasteiger partial charge in [0.15, 0.2) is 0 Å². The minimum absolute atomic E-state index is 0.0917. The van der Waals surface area contributed by atoms with E-state index >= 15 is 0 Å². The number of allylic oxidation sites excluding steroid dienone is 1. The van der Waals surface area contributed by atoms with Gasteiger partial charge in [0, 0.05) is 23.4 Å². The molecule has 0 aliphatic carbocycles. The fraction of sp³-hybridized carbons (Fsp3) is 0.278.